The number of rotatable bonds is 4. The van der Waals surface area contributed by atoms with Gasteiger partial charge in [0.1, 0.15) is 5.82 Å². The molecule has 2 nitrogen and oxygen atoms in total. The van der Waals surface area contributed by atoms with E-state index in [1.54, 1.807) is 24.3 Å². The van der Waals surface area contributed by atoms with Crippen molar-refractivity contribution in [2.24, 2.45) is 5.73 Å². The second-order valence-electron chi connectivity index (χ2n) is 3.26. The molecule has 0 saturated carbocycles. The van der Waals surface area contributed by atoms with Gasteiger partial charge in [-0.2, -0.15) is 0 Å². The lowest BCUT2D eigenvalue weighted by Gasteiger charge is -2.00. The summed E-state index contributed by atoms with van der Waals surface area (Å²) in [6.07, 6.45) is 3.44. The number of hydrogen-bond donors (Lipinski definition) is 1. The van der Waals surface area contributed by atoms with Crippen molar-refractivity contribution in [2.45, 2.75) is 13.5 Å². The van der Waals surface area contributed by atoms with Gasteiger partial charge in [0.15, 0.2) is 5.12 Å². The highest BCUT2D eigenvalue weighted by Crippen LogP contribution is 2.13. The quantitative estimate of drug-likeness (QED) is 0.878. The van der Waals surface area contributed by atoms with Gasteiger partial charge < -0.3 is 5.73 Å². The molecular formula is C12H14FNOS. The van der Waals surface area contributed by atoms with Gasteiger partial charge in [-0.3, -0.25) is 4.79 Å². The first kappa shape index (κ1) is 12.9. The van der Waals surface area contributed by atoms with E-state index in [2.05, 4.69) is 0 Å². The van der Waals surface area contributed by atoms with Gasteiger partial charge in [0.05, 0.1) is 0 Å². The minimum atomic E-state index is -0.277. The Morgan fingerprint density at radius 2 is 2.31 bits per heavy atom. The summed E-state index contributed by atoms with van der Waals surface area (Å²) >= 11 is 1.19. The summed E-state index contributed by atoms with van der Waals surface area (Å²) in [6, 6.07) is 4.78. The van der Waals surface area contributed by atoms with E-state index in [0.29, 0.717) is 17.9 Å². The second-order valence-corrected chi connectivity index (χ2v) is 4.46. The molecule has 1 aromatic rings. The summed E-state index contributed by atoms with van der Waals surface area (Å²) in [5.41, 5.74) is 6.86. The molecule has 0 saturated heterocycles. The van der Waals surface area contributed by atoms with Gasteiger partial charge in [-0.15, -0.1) is 0 Å². The zero-order chi connectivity index (χ0) is 12.0. The zero-order valence-corrected chi connectivity index (χ0v) is 9.89. The Balaban J connectivity index is 2.68. The molecule has 86 valence electrons. The summed E-state index contributed by atoms with van der Waals surface area (Å²) in [6.45, 7) is 1.90. The maximum absolute atomic E-state index is 13.3. The van der Waals surface area contributed by atoms with E-state index in [1.165, 1.54) is 24.8 Å². The molecule has 0 aliphatic heterocycles. The molecular weight excluding hydrogens is 225 g/mol. The molecule has 0 aliphatic carbocycles. The predicted octanol–water partition coefficient (Wildman–Crippen LogP) is 2.58. The fraction of sp³-hybridized carbons (Fsp3) is 0.250. The highest BCUT2D eigenvalue weighted by Gasteiger charge is 1.99. The van der Waals surface area contributed by atoms with Crippen LogP contribution in [0.3, 0.4) is 0 Å². The molecule has 0 spiro atoms. The van der Waals surface area contributed by atoms with Gasteiger partial charge in [-0.05, 0) is 17.7 Å². The van der Waals surface area contributed by atoms with Gasteiger partial charge in [-0.25, -0.2) is 4.39 Å². The third-order valence-corrected chi connectivity index (χ3v) is 2.74. The van der Waals surface area contributed by atoms with E-state index in [0.717, 1.165) is 5.56 Å². The van der Waals surface area contributed by atoms with Crippen LogP contribution in [0, 0.1) is 5.82 Å². The lowest BCUT2D eigenvalue weighted by Crippen LogP contribution is -1.97. The standard InChI is InChI=1S/C12H14FNOS/c1-9(15)16-6-2-3-11-7-10(8-14)4-5-12(11)13/h2-5,7H,6,8,14H2,1H3. The second kappa shape index (κ2) is 6.45. The summed E-state index contributed by atoms with van der Waals surface area (Å²) in [5.74, 6) is 0.281. The molecule has 0 aromatic heterocycles. The summed E-state index contributed by atoms with van der Waals surface area (Å²) < 4.78 is 13.3. The van der Waals surface area contributed by atoms with E-state index in [4.69, 9.17) is 5.73 Å². The molecule has 1 rings (SSSR count). The maximum atomic E-state index is 13.3. The average Bonchev–Trinajstić information content (AvgIpc) is 2.26. The molecule has 1 aromatic carbocycles. The number of carbonyl (C=O) groups excluding carboxylic acids is 1. The van der Waals surface area contributed by atoms with Crippen LogP contribution in [0.15, 0.2) is 24.3 Å². The molecule has 0 aliphatic rings. The lowest BCUT2D eigenvalue weighted by atomic mass is 10.1. The van der Waals surface area contributed by atoms with E-state index in [1.807, 2.05) is 0 Å². The van der Waals surface area contributed by atoms with Crippen LogP contribution >= 0.6 is 11.8 Å². The minimum Gasteiger partial charge on any atom is -0.326 e. The third kappa shape index (κ3) is 4.16. The fourth-order valence-electron chi connectivity index (χ4n) is 1.19. The Bertz CT molecular complexity index is 404. The van der Waals surface area contributed by atoms with Crippen LogP contribution < -0.4 is 5.73 Å². The van der Waals surface area contributed by atoms with Crippen LogP contribution in [0.2, 0.25) is 0 Å². The van der Waals surface area contributed by atoms with Gasteiger partial charge in [-0.1, -0.05) is 30.0 Å². The Labute approximate surface area is 98.7 Å². The van der Waals surface area contributed by atoms with E-state index < -0.39 is 0 Å². The molecule has 0 unspecified atom stereocenters. The molecule has 0 amide bonds. The monoisotopic (exact) mass is 239 g/mol. The molecule has 0 fully saturated rings. The molecule has 0 radical (unpaired) electrons. The fourth-order valence-corrected chi connectivity index (χ4v) is 1.62. The number of benzene rings is 1. The first-order chi connectivity index (χ1) is 7.63. The van der Waals surface area contributed by atoms with Crippen molar-refractivity contribution < 1.29 is 9.18 Å². The molecule has 2 N–H and O–H groups in total. The van der Waals surface area contributed by atoms with Crippen molar-refractivity contribution in [1.29, 1.82) is 0 Å². The van der Waals surface area contributed by atoms with Gasteiger partial charge in [0, 0.05) is 24.8 Å². The lowest BCUT2D eigenvalue weighted by molar-refractivity contribution is -0.109. The van der Waals surface area contributed by atoms with Gasteiger partial charge in [0.2, 0.25) is 0 Å². The van der Waals surface area contributed by atoms with Crippen molar-refractivity contribution in [1.82, 2.24) is 0 Å². The van der Waals surface area contributed by atoms with Gasteiger partial charge in [0.25, 0.3) is 0 Å². The van der Waals surface area contributed by atoms with Crippen molar-refractivity contribution >= 4 is 23.0 Å². The Morgan fingerprint density at radius 1 is 1.56 bits per heavy atom. The Morgan fingerprint density at radius 3 is 2.94 bits per heavy atom. The number of carbonyl (C=O) groups is 1. The SMILES string of the molecule is CC(=O)SCC=Cc1cc(CN)ccc1F. The van der Waals surface area contributed by atoms with Crippen LogP contribution in [0.4, 0.5) is 4.39 Å². The summed E-state index contributed by atoms with van der Waals surface area (Å²) in [5, 5.41) is 0.0563. The van der Waals surface area contributed by atoms with Crippen LogP contribution in [0.1, 0.15) is 18.1 Å². The van der Waals surface area contributed by atoms with E-state index >= 15 is 0 Å². The van der Waals surface area contributed by atoms with Crippen molar-refractivity contribution in [3.8, 4) is 0 Å². The average molecular weight is 239 g/mol. The van der Waals surface area contributed by atoms with Gasteiger partial charge >= 0.3 is 0 Å². The first-order valence-electron chi connectivity index (χ1n) is 4.92. The van der Waals surface area contributed by atoms with Crippen LogP contribution in [0.5, 0.6) is 0 Å². The number of hydrogen-bond acceptors (Lipinski definition) is 3. The maximum Gasteiger partial charge on any atom is 0.186 e. The number of thioether (sulfide) groups is 1. The van der Waals surface area contributed by atoms with Crippen molar-refractivity contribution in [3.05, 3.63) is 41.2 Å². The van der Waals surface area contributed by atoms with E-state index in [-0.39, 0.29) is 10.9 Å². The van der Waals surface area contributed by atoms with Crippen molar-refractivity contribution in [2.75, 3.05) is 5.75 Å². The summed E-state index contributed by atoms with van der Waals surface area (Å²) in [4.78, 5) is 10.7. The smallest absolute Gasteiger partial charge is 0.186 e. The first-order valence-corrected chi connectivity index (χ1v) is 5.90. The van der Waals surface area contributed by atoms with Crippen LogP contribution in [0.25, 0.3) is 6.08 Å². The zero-order valence-electron chi connectivity index (χ0n) is 9.07. The Hall–Kier alpha value is -1.13. The topological polar surface area (TPSA) is 43.1 Å². The highest BCUT2D eigenvalue weighted by molar-refractivity contribution is 8.13. The molecule has 0 atom stereocenters. The molecule has 4 heteroatoms. The normalized spacial score (nSPS) is 10.9. The predicted molar refractivity (Wildman–Crippen MR) is 66.5 cm³/mol. The molecule has 0 bridgehead atoms. The Kier molecular flexibility index (Phi) is 5.22. The van der Waals surface area contributed by atoms with Crippen molar-refractivity contribution in [3.63, 3.8) is 0 Å². The van der Waals surface area contributed by atoms with Crippen LogP contribution in [-0.2, 0) is 11.3 Å². The largest absolute Gasteiger partial charge is 0.326 e. The van der Waals surface area contributed by atoms with E-state index in [9.17, 15) is 9.18 Å². The highest BCUT2D eigenvalue weighted by atomic mass is 32.2. The molecule has 16 heavy (non-hydrogen) atoms. The minimum absolute atomic E-state index is 0.0563. The summed E-state index contributed by atoms with van der Waals surface area (Å²) in [7, 11) is 0. The van der Waals surface area contributed by atoms with Crippen LogP contribution in [-0.4, -0.2) is 10.9 Å². The third-order valence-electron chi connectivity index (χ3n) is 1.98. The number of halogens is 1. The molecule has 0 heterocycles. The number of nitrogens with two attached hydrogens (primary N) is 1.